The van der Waals surface area contributed by atoms with Gasteiger partial charge in [0.2, 0.25) is 5.91 Å². The molecule has 2 aromatic rings. The van der Waals surface area contributed by atoms with Gasteiger partial charge in [-0.15, -0.1) is 0 Å². The molecular formula is C31H39ClN6O3S. The van der Waals surface area contributed by atoms with Crippen LogP contribution in [0.4, 0.5) is 11.4 Å². The minimum absolute atomic E-state index is 0.0258. The molecule has 0 radical (unpaired) electrons. The SMILES string of the molecule is C=C(Nc1ccc2c(c1)CCN(C(=O)/C=C/CN1CCN(CCO)CC1)C2)S/C(=C\N)C(=O)Nc1c(C)cccc1Cl. The highest BCUT2D eigenvalue weighted by Crippen LogP contribution is 2.31. The maximum absolute atomic E-state index is 12.8. The fraction of sp³-hybridized carbons (Fsp3) is 0.355. The largest absolute Gasteiger partial charge is 0.404 e. The van der Waals surface area contributed by atoms with Crippen molar-refractivity contribution in [2.45, 2.75) is 19.9 Å². The molecular weight excluding hydrogens is 572 g/mol. The first-order valence-electron chi connectivity index (χ1n) is 14.0. The Hall–Kier alpha value is -3.28. The number of para-hydroxylation sites is 1. The van der Waals surface area contributed by atoms with Crippen molar-refractivity contribution in [3.8, 4) is 0 Å². The molecule has 4 rings (SSSR count). The highest BCUT2D eigenvalue weighted by Gasteiger charge is 2.21. The molecule has 1 fully saturated rings. The first kappa shape index (κ1) is 31.7. The van der Waals surface area contributed by atoms with Crippen molar-refractivity contribution in [3.63, 3.8) is 0 Å². The normalized spacial score (nSPS) is 16.4. The number of hydrogen-bond acceptors (Lipinski definition) is 8. The lowest BCUT2D eigenvalue weighted by Crippen LogP contribution is -2.47. The Bertz CT molecular complexity index is 1340. The van der Waals surface area contributed by atoms with E-state index in [-0.39, 0.29) is 23.3 Å². The van der Waals surface area contributed by atoms with Crippen molar-refractivity contribution >= 4 is 46.6 Å². The highest BCUT2D eigenvalue weighted by atomic mass is 35.5. The number of aryl methyl sites for hydroxylation is 1. The van der Waals surface area contributed by atoms with Crippen molar-refractivity contribution in [2.24, 2.45) is 5.73 Å². The molecule has 9 nitrogen and oxygen atoms in total. The summed E-state index contributed by atoms with van der Waals surface area (Å²) in [4.78, 5) is 32.4. The highest BCUT2D eigenvalue weighted by molar-refractivity contribution is 8.07. The van der Waals surface area contributed by atoms with Gasteiger partial charge in [-0.2, -0.15) is 0 Å². The third-order valence-corrected chi connectivity index (χ3v) is 8.59. The maximum atomic E-state index is 12.8. The number of rotatable bonds is 11. The van der Waals surface area contributed by atoms with Crippen LogP contribution in [0.2, 0.25) is 5.02 Å². The fourth-order valence-corrected chi connectivity index (χ4v) is 5.92. The Labute approximate surface area is 257 Å². The number of amides is 2. The van der Waals surface area contributed by atoms with E-state index < -0.39 is 0 Å². The van der Waals surface area contributed by atoms with Gasteiger partial charge in [-0.25, -0.2) is 0 Å². The molecule has 2 aliphatic heterocycles. The Balaban J connectivity index is 1.26. The predicted molar refractivity (Wildman–Crippen MR) is 172 cm³/mol. The molecule has 0 atom stereocenters. The average molecular weight is 611 g/mol. The number of nitrogens with zero attached hydrogens (tertiary/aromatic N) is 3. The molecule has 2 heterocycles. The van der Waals surface area contributed by atoms with Gasteiger partial charge in [-0.3, -0.25) is 19.4 Å². The maximum Gasteiger partial charge on any atom is 0.264 e. The summed E-state index contributed by atoms with van der Waals surface area (Å²) in [5, 5.41) is 16.2. The molecule has 5 N–H and O–H groups in total. The van der Waals surface area contributed by atoms with E-state index in [0.717, 1.165) is 74.3 Å². The standard InChI is InChI=1S/C31H39ClN6O3S/c1-22-5-3-6-27(32)30(22)35-31(41)28(20-33)42-23(2)34-26-9-8-25-21-38(12-10-24(25)19-26)29(40)7-4-11-36-13-15-37(16-14-36)17-18-39/h3-9,19-20,34,39H,2,10-18,21,33H2,1H3,(H,35,41)/b7-4+,28-20-. The van der Waals surface area contributed by atoms with Crippen LogP contribution in [0.1, 0.15) is 16.7 Å². The van der Waals surface area contributed by atoms with Crippen molar-refractivity contribution < 1.29 is 14.7 Å². The van der Waals surface area contributed by atoms with Crippen LogP contribution in [-0.2, 0) is 22.6 Å². The van der Waals surface area contributed by atoms with Gasteiger partial charge in [0, 0.05) is 70.3 Å². The third-order valence-electron chi connectivity index (χ3n) is 7.39. The number of carbonyl (C=O) groups is 2. The summed E-state index contributed by atoms with van der Waals surface area (Å²) in [6.45, 7) is 12.6. The molecule has 42 heavy (non-hydrogen) atoms. The topological polar surface area (TPSA) is 114 Å². The van der Waals surface area contributed by atoms with E-state index >= 15 is 0 Å². The number of anilines is 2. The first-order valence-corrected chi connectivity index (χ1v) is 15.2. The number of carbonyl (C=O) groups excluding carboxylic acids is 2. The molecule has 0 saturated carbocycles. The van der Waals surface area contributed by atoms with E-state index in [1.807, 2.05) is 42.2 Å². The van der Waals surface area contributed by atoms with E-state index in [2.05, 4.69) is 33.1 Å². The van der Waals surface area contributed by atoms with Gasteiger partial charge in [-0.05, 0) is 48.2 Å². The van der Waals surface area contributed by atoms with E-state index in [1.165, 1.54) is 11.8 Å². The summed E-state index contributed by atoms with van der Waals surface area (Å²) in [6, 6.07) is 11.4. The van der Waals surface area contributed by atoms with Crippen LogP contribution in [0.15, 0.2) is 71.3 Å². The number of piperazine rings is 1. The Kier molecular flexibility index (Phi) is 11.5. The molecule has 0 aliphatic carbocycles. The van der Waals surface area contributed by atoms with Gasteiger partial charge < -0.3 is 26.4 Å². The van der Waals surface area contributed by atoms with E-state index in [0.29, 0.717) is 28.8 Å². The Morgan fingerprint density at radius 3 is 2.57 bits per heavy atom. The van der Waals surface area contributed by atoms with Crippen molar-refractivity contribution in [3.05, 3.63) is 93.0 Å². The predicted octanol–water partition coefficient (Wildman–Crippen LogP) is 3.75. The van der Waals surface area contributed by atoms with Crippen LogP contribution in [0.3, 0.4) is 0 Å². The van der Waals surface area contributed by atoms with Crippen molar-refractivity contribution in [1.82, 2.24) is 14.7 Å². The van der Waals surface area contributed by atoms with E-state index in [9.17, 15) is 9.59 Å². The minimum atomic E-state index is -0.369. The van der Waals surface area contributed by atoms with E-state index in [4.69, 9.17) is 22.4 Å². The second-order valence-corrected chi connectivity index (χ2v) is 11.9. The summed E-state index contributed by atoms with van der Waals surface area (Å²) >= 11 is 7.39. The molecule has 1 saturated heterocycles. The first-order chi connectivity index (χ1) is 20.3. The number of aliphatic hydroxyl groups excluding tert-OH is 1. The molecule has 2 aliphatic rings. The van der Waals surface area contributed by atoms with Crippen LogP contribution in [0.5, 0.6) is 0 Å². The molecule has 11 heteroatoms. The van der Waals surface area contributed by atoms with Crippen LogP contribution < -0.4 is 16.4 Å². The summed E-state index contributed by atoms with van der Waals surface area (Å²) in [6.07, 6.45) is 5.65. The molecule has 224 valence electrons. The molecule has 0 aromatic heterocycles. The van der Waals surface area contributed by atoms with Gasteiger partial charge in [0.15, 0.2) is 0 Å². The van der Waals surface area contributed by atoms with E-state index in [1.54, 1.807) is 12.1 Å². The summed E-state index contributed by atoms with van der Waals surface area (Å²) in [5.74, 6) is -0.343. The number of benzene rings is 2. The lowest BCUT2D eigenvalue weighted by Gasteiger charge is -2.33. The number of fused-ring (bicyclic) bond motifs is 1. The molecule has 0 bridgehead atoms. The van der Waals surface area contributed by atoms with Gasteiger partial charge >= 0.3 is 0 Å². The molecule has 2 amide bonds. The number of hydrogen-bond donors (Lipinski definition) is 4. The number of nitrogens with one attached hydrogen (secondary N) is 2. The molecule has 2 aromatic carbocycles. The summed E-state index contributed by atoms with van der Waals surface area (Å²) < 4.78 is 0. The number of aliphatic hydroxyl groups is 1. The van der Waals surface area contributed by atoms with Crippen molar-refractivity contribution in [2.75, 3.05) is 63.1 Å². The van der Waals surface area contributed by atoms with Gasteiger partial charge in [-0.1, -0.05) is 54.2 Å². The Morgan fingerprint density at radius 1 is 1.10 bits per heavy atom. The zero-order chi connectivity index (χ0) is 30.1. The second kappa shape index (κ2) is 15.3. The smallest absolute Gasteiger partial charge is 0.264 e. The monoisotopic (exact) mass is 610 g/mol. The lowest BCUT2D eigenvalue weighted by atomic mass is 9.99. The zero-order valence-electron chi connectivity index (χ0n) is 23.9. The zero-order valence-corrected chi connectivity index (χ0v) is 25.5. The number of nitrogens with two attached hydrogens (primary N) is 1. The average Bonchev–Trinajstić information content (AvgIpc) is 2.98. The van der Waals surface area contributed by atoms with Crippen LogP contribution in [-0.4, -0.2) is 84.0 Å². The fourth-order valence-electron chi connectivity index (χ4n) is 5.00. The number of thioether (sulfide) groups is 1. The summed E-state index contributed by atoms with van der Waals surface area (Å²) in [7, 11) is 0. The van der Waals surface area contributed by atoms with Gasteiger partial charge in [0.25, 0.3) is 5.91 Å². The van der Waals surface area contributed by atoms with Crippen LogP contribution >= 0.6 is 23.4 Å². The summed E-state index contributed by atoms with van der Waals surface area (Å²) in [5.41, 5.74) is 10.3. The van der Waals surface area contributed by atoms with Crippen LogP contribution in [0, 0.1) is 6.92 Å². The Morgan fingerprint density at radius 2 is 1.86 bits per heavy atom. The van der Waals surface area contributed by atoms with Gasteiger partial charge in [0.1, 0.15) is 0 Å². The van der Waals surface area contributed by atoms with Gasteiger partial charge in [0.05, 0.1) is 27.3 Å². The van der Waals surface area contributed by atoms with Crippen molar-refractivity contribution in [1.29, 1.82) is 0 Å². The third kappa shape index (κ3) is 8.62. The lowest BCUT2D eigenvalue weighted by molar-refractivity contribution is -0.126. The second-order valence-electron chi connectivity index (χ2n) is 10.3. The molecule has 0 unspecified atom stereocenters. The minimum Gasteiger partial charge on any atom is -0.404 e. The number of halogens is 1. The molecule has 0 spiro atoms. The quantitative estimate of drug-likeness (QED) is 0.285. The number of β-amino-alcohol motifs (C(OH)–C–C–N with tert-alkyl or cyclic N) is 1. The van der Waals surface area contributed by atoms with Crippen LogP contribution in [0.25, 0.3) is 0 Å².